The predicted octanol–water partition coefficient (Wildman–Crippen LogP) is 3.69. The molecule has 0 unspecified atom stereocenters. The summed E-state index contributed by atoms with van der Waals surface area (Å²) in [4.78, 5) is 10.2. The van der Waals surface area contributed by atoms with Crippen molar-refractivity contribution in [3.63, 3.8) is 0 Å². The second-order valence-corrected chi connectivity index (χ2v) is 4.11. The van der Waals surface area contributed by atoms with Gasteiger partial charge in [-0.05, 0) is 12.1 Å². The van der Waals surface area contributed by atoms with Gasteiger partial charge in [-0.2, -0.15) is 5.10 Å². The summed E-state index contributed by atoms with van der Waals surface area (Å²) >= 11 is 5.96. The lowest BCUT2D eigenvalue weighted by atomic mass is 10.2. The summed E-state index contributed by atoms with van der Waals surface area (Å²) < 4.78 is 0. The summed E-state index contributed by atoms with van der Waals surface area (Å²) in [5, 5.41) is 15.2. The van der Waals surface area contributed by atoms with Gasteiger partial charge in [0.1, 0.15) is 0 Å². The summed E-state index contributed by atoms with van der Waals surface area (Å²) in [6, 6.07) is 13.4. The minimum Gasteiger partial charge on any atom is -0.278 e. The maximum atomic E-state index is 10.6. The van der Waals surface area contributed by atoms with Gasteiger partial charge in [-0.15, -0.1) is 0 Å². The summed E-state index contributed by atoms with van der Waals surface area (Å²) in [6.07, 6.45) is 1.56. The molecular formula is C13H10ClN3O2. The highest BCUT2D eigenvalue weighted by atomic mass is 35.5. The number of hydrazone groups is 1. The Morgan fingerprint density at radius 1 is 1.21 bits per heavy atom. The number of non-ortho nitro benzene ring substituents is 1. The summed E-state index contributed by atoms with van der Waals surface area (Å²) in [7, 11) is 0. The Morgan fingerprint density at radius 2 is 2.00 bits per heavy atom. The van der Waals surface area contributed by atoms with E-state index in [0.717, 1.165) is 5.56 Å². The number of halogens is 1. The highest BCUT2D eigenvalue weighted by molar-refractivity contribution is 6.33. The van der Waals surface area contributed by atoms with Gasteiger partial charge >= 0.3 is 0 Å². The number of benzene rings is 2. The Kier molecular flexibility index (Phi) is 4.10. The van der Waals surface area contributed by atoms with Crippen LogP contribution in [0.2, 0.25) is 5.02 Å². The Bertz CT molecular complexity index is 629. The van der Waals surface area contributed by atoms with Crippen molar-refractivity contribution in [1.82, 2.24) is 0 Å². The molecule has 0 spiro atoms. The number of hydrogen-bond donors (Lipinski definition) is 1. The van der Waals surface area contributed by atoms with Gasteiger partial charge in [0.2, 0.25) is 0 Å². The van der Waals surface area contributed by atoms with Gasteiger partial charge in [0.15, 0.2) is 0 Å². The van der Waals surface area contributed by atoms with Crippen LogP contribution in [-0.2, 0) is 0 Å². The molecule has 0 fully saturated rings. The topological polar surface area (TPSA) is 67.5 Å². The fourth-order valence-electron chi connectivity index (χ4n) is 1.45. The molecule has 0 bridgehead atoms. The van der Waals surface area contributed by atoms with Crippen LogP contribution in [0.3, 0.4) is 0 Å². The number of anilines is 1. The van der Waals surface area contributed by atoms with E-state index in [1.807, 2.05) is 18.2 Å². The fraction of sp³-hybridized carbons (Fsp3) is 0. The average Bonchev–Trinajstić information content (AvgIpc) is 2.41. The van der Waals surface area contributed by atoms with E-state index in [9.17, 15) is 10.1 Å². The second-order valence-electron chi connectivity index (χ2n) is 3.70. The van der Waals surface area contributed by atoms with Gasteiger partial charge in [-0.1, -0.05) is 35.9 Å². The monoisotopic (exact) mass is 275 g/mol. The van der Waals surface area contributed by atoms with Crippen LogP contribution in [0.25, 0.3) is 0 Å². The fourth-order valence-corrected chi connectivity index (χ4v) is 1.63. The van der Waals surface area contributed by atoms with Crippen LogP contribution >= 0.6 is 11.6 Å². The molecule has 0 aromatic heterocycles. The molecule has 2 rings (SSSR count). The molecule has 0 radical (unpaired) electrons. The van der Waals surface area contributed by atoms with Crippen molar-refractivity contribution in [3.05, 3.63) is 69.2 Å². The molecule has 19 heavy (non-hydrogen) atoms. The van der Waals surface area contributed by atoms with Gasteiger partial charge in [0.05, 0.1) is 16.8 Å². The van der Waals surface area contributed by atoms with E-state index >= 15 is 0 Å². The van der Waals surface area contributed by atoms with Crippen molar-refractivity contribution < 1.29 is 4.92 Å². The minimum absolute atomic E-state index is 0.0120. The molecule has 2 aromatic rings. The van der Waals surface area contributed by atoms with Crippen LogP contribution in [0.5, 0.6) is 0 Å². The summed E-state index contributed by atoms with van der Waals surface area (Å²) in [6.45, 7) is 0. The van der Waals surface area contributed by atoms with Crippen LogP contribution in [-0.4, -0.2) is 11.1 Å². The number of nitro groups is 1. The van der Waals surface area contributed by atoms with Gasteiger partial charge in [-0.25, -0.2) is 0 Å². The Hall–Kier alpha value is -2.40. The highest BCUT2D eigenvalue weighted by Crippen LogP contribution is 2.17. The van der Waals surface area contributed by atoms with Crippen LogP contribution < -0.4 is 5.43 Å². The molecule has 0 saturated carbocycles. The predicted molar refractivity (Wildman–Crippen MR) is 75.8 cm³/mol. The van der Waals surface area contributed by atoms with Gasteiger partial charge in [0, 0.05) is 22.7 Å². The van der Waals surface area contributed by atoms with Crippen LogP contribution in [0.15, 0.2) is 53.6 Å². The average molecular weight is 276 g/mol. The van der Waals surface area contributed by atoms with E-state index in [0.29, 0.717) is 10.7 Å². The lowest BCUT2D eigenvalue weighted by Gasteiger charge is -2.00. The van der Waals surface area contributed by atoms with Crippen LogP contribution in [0.4, 0.5) is 11.4 Å². The number of hydrogen-bond acceptors (Lipinski definition) is 4. The van der Waals surface area contributed by atoms with Crippen molar-refractivity contribution in [2.45, 2.75) is 0 Å². The van der Waals surface area contributed by atoms with E-state index in [4.69, 9.17) is 11.6 Å². The normalized spacial score (nSPS) is 10.6. The molecule has 2 aromatic carbocycles. The van der Waals surface area contributed by atoms with E-state index in [1.165, 1.54) is 12.1 Å². The number of nitro benzene ring substituents is 1. The van der Waals surface area contributed by atoms with Gasteiger partial charge in [-0.3, -0.25) is 15.5 Å². The lowest BCUT2D eigenvalue weighted by Crippen LogP contribution is -1.93. The number of rotatable bonds is 4. The quantitative estimate of drug-likeness (QED) is 0.525. The summed E-state index contributed by atoms with van der Waals surface area (Å²) in [5.74, 6) is 0. The molecule has 0 aliphatic carbocycles. The SMILES string of the molecule is O=[N+]([O-])c1cccc(N/N=C\c2ccccc2Cl)c1. The zero-order chi connectivity index (χ0) is 13.7. The van der Waals surface area contributed by atoms with Crippen molar-refractivity contribution in [2.24, 2.45) is 5.10 Å². The molecule has 0 atom stereocenters. The van der Waals surface area contributed by atoms with Crippen molar-refractivity contribution in [2.75, 3.05) is 5.43 Å². The van der Waals surface area contributed by atoms with Crippen molar-refractivity contribution >= 4 is 29.2 Å². The van der Waals surface area contributed by atoms with E-state index in [2.05, 4.69) is 10.5 Å². The maximum Gasteiger partial charge on any atom is 0.271 e. The molecule has 1 N–H and O–H groups in total. The van der Waals surface area contributed by atoms with E-state index in [-0.39, 0.29) is 5.69 Å². The molecule has 6 heteroatoms. The van der Waals surface area contributed by atoms with E-state index < -0.39 is 4.92 Å². The molecule has 0 saturated heterocycles. The molecule has 0 aliphatic heterocycles. The largest absolute Gasteiger partial charge is 0.278 e. The Labute approximate surface area is 114 Å². The zero-order valence-corrected chi connectivity index (χ0v) is 10.5. The third-order valence-electron chi connectivity index (χ3n) is 2.36. The first-order valence-electron chi connectivity index (χ1n) is 5.45. The first-order chi connectivity index (χ1) is 9.16. The number of nitrogens with one attached hydrogen (secondary N) is 1. The zero-order valence-electron chi connectivity index (χ0n) is 9.79. The van der Waals surface area contributed by atoms with Crippen LogP contribution in [0, 0.1) is 10.1 Å². The Morgan fingerprint density at radius 3 is 2.74 bits per heavy atom. The Balaban J connectivity index is 2.09. The van der Waals surface area contributed by atoms with Gasteiger partial charge in [0.25, 0.3) is 5.69 Å². The first-order valence-corrected chi connectivity index (χ1v) is 5.82. The molecule has 5 nitrogen and oxygen atoms in total. The molecular weight excluding hydrogens is 266 g/mol. The highest BCUT2D eigenvalue weighted by Gasteiger charge is 2.04. The molecule has 96 valence electrons. The van der Waals surface area contributed by atoms with Crippen molar-refractivity contribution in [3.8, 4) is 0 Å². The van der Waals surface area contributed by atoms with Crippen molar-refractivity contribution in [1.29, 1.82) is 0 Å². The van der Waals surface area contributed by atoms with E-state index in [1.54, 1.807) is 24.4 Å². The van der Waals surface area contributed by atoms with Gasteiger partial charge < -0.3 is 0 Å². The third kappa shape index (κ3) is 3.53. The standard InChI is InChI=1S/C13H10ClN3O2/c14-13-7-2-1-4-10(13)9-15-16-11-5-3-6-12(8-11)17(18)19/h1-9,16H/b15-9-. The molecule has 0 heterocycles. The third-order valence-corrected chi connectivity index (χ3v) is 2.70. The smallest absolute Gasteiger partial charge is 0.271 e. The first kappa shape index (κ1) is 13.0. The molecule has 0 amide bonds. The number of nitrogens with zero attached hydrogens (tertiary/aromatic N) is 2. The molecule has 0 aliphatic rings. The van der Waals surface area contributed by atoms with Crippen LogP contribution in [0.1, 0.15) is 5.56 Å². The minimum atomic E-state index is -0.455. The lowest BCUT2D eigenvalue weighted by molar-refractivity contribution is -0.384. The summed E-state index contributed by atoms with van der Waals surface area (Å²) in [5.41, 5.74) is 4.04. The maximum absolute atomic E-state index is 10.6. The second kappa shape index (κ2) is 5.97.